The number of nitrogens with zero attached hydrogens (tertiary/aromatic N) is 1. The minimum atomic E-state index is -0.161. The van der Waals surface area contributed by atoms with E-state index in [1.807, 2.05) is 11.8 Å². The van der Waals surface area contributed by atoms with E-state index >= 15 is 0 Å². The number of nitrogens with one attached hydrogen (secondary N) is 1. The third-order valence-electron chi connectivity index (χ3n) is 4.59. The van der Waals surface area contributed by atoms with Crippen LogP contribution in [0.15, 0.2) is 24.3 Å². The molecule has 0 unspecified atom stereocenters. The molecule has 0 bridgehead atoms. The molecular weight excluding hydrogens is 252 g/mol. The summed E-state index contributed by atoms with van der Waals surface area (Å²) in [6.45, 7) is 4.94. The van der Waals surface area contributed by atoms with Crippen LogP contribution in [0, 0.1) is 5.41 Å². The Kier molecular flexibility index (Phi) is 3.55. The Morgan fingerprint density at radius 3 is 2.85 bits per heavy atom. The molecule has 0 aromatic heterocycles. The second-order valence-electron chi connectivity index (χ2n) is 5.87. The van der Waals surface area contributed by atoms with Crippen molar-refractivity contribution in [2.24, 2.45) is 5.41 Å². The zero-order chi connectivity index (χ0) is 14.0. The molecule has 0 aliphatic carbocycles. The van der Waals surface area contributed by atoms with Crippen molar-refractivity contribution >= 4 is 11.8 Å². The van der Waals surface area contributed by atoms with Crippen LogP contribution >= 0.6 is 0 Å². The van der Waals surface area contributed by atoms with Crippen molar-refractivity contribution in [3.8, 4) is 0 Å². The molecule has 108 valence electrons. The van der Waals surface area contributed by atoms with Gasteiger partial charge in [-0.3, -0.25) is 0 Å². The van der Waals surface area contributed by atoms with Gasteiger partial charge in [-0.2, -0.15) is 0 Å². The number of hydrogen-bond donors (Lipinski definition) is 1. The Labute approximate surface area is 120 Å². The molecule has 2 aliphatic heterocycles. The van der Waals surface area contributed by atoms with Crippen LogP contribution in [0.5, 0.6) is 0 Å². The number of benzene rings is 1. The van der Waals surface area contributed by atoms with Crippen LogP contribution in [-0.2, 0) is 11.2 Å². The zero-order valence-corrected chi connectivity index (χ0v) is 12.0. The first-order valence-electron chi connectivity index (χ1n) is 7.46. The molecule has 4 nitrogen and oxygen atoms in total. The molecule has 2 aliphatic rings. The van der Waals surface area contributed by atoms with E-state index in [4.69, 9.17) is 4.74 Å². The minimum Gasteiger partial charge on any atom is -0.450 e. The molecule has 3 rings (SSSR count). The number of carbonyl (C=O) groups excluding carboxylic acids is 1. The second kappa shape index (κ2) is 5.35. The number of para-hydroxylation sites is 1. The van der Waals surface area contributed by atoms with Crippen molar-refractivity contribution in [3.63, 3.8) is 0 Å². The van der Waals surface area contributed by atoms with E-state index in [2.05, 4.69) is 29.6 Å². The number of carbonyl (C=O) groups is 1. The van der Waals surface area contributed by atoms with Gasteiger partial charge in [0.25, 0.3) is 0 Å². The van der Waals surface area contributed by atoms with E-state index in [9.17, 15) is 4.79 Å². The third-order valence-corrected chi connectivity index (χ3v) is 4.59. The molecule has 1 fully saturated rings. The summed E-state index contributed by atoms with van der Waals surface area (Å²) in [6, 6.07) is 8.54. The fraction of sp³-hybridized carbons (Fsp3) is 0.562. The fourth-order valence-electron chi connectivity index (χ4n) is 3.33. The van der Waals surface area contributed by atoms with Gasteiger partial charge in [0, 0.05) is 25.3 Å². The van der Waals surface area contributed by atoms with Gasteiger partial charge in [-0.25, -0.2) is 4.79 Å². The summed E-state index contributed by atoms with van der Waals surface area (Å²) in [5, 5.41) is 3.56. The Morgan fingerprint density at radius 2 is 2.10 bits per heavy atom. The maximum atomic E-state index is 11.8. The van der Waals surface area contributed by atoms with Gasteiger partial charge in [-0.1, -0.05) is 18.2 Å². The standard InChI is InChI=1S/C16H22N2O2/c1-2-20-15(19)18-9-7-16(8-10-18)11-13-5-3-4-6-14(13)17-12-16/h3-6,17H,2,7-12H2,1H3. The van der Waals surface area contributed by atoms with Gasteiger partial charge in [-0.05, 0) is 43.2 Å². The van der Waals surface area contributed by atoms with E-state index in [1.165, 1.54) is 11.3 Å². The molecule has 1 N–H and O–H groups in total. The molecule has 4 heteroatoms. The molecular formula is C16H22N2O2. The monoisotopic (exact) mass is 274 g/mol. The van der Waals surface area contributed by atoms with Crippen molar-refractivity contribution in [2.45, 2.75) is 26.2 Å². The predicted octanol–water partition coefficient (Wildman–Crippen LogP) is 2.89. The fourth-order valence-corrected chi connectivity index (χ4v) is 3.33. The van der Waals surface area contributed by atoms with Crippen LogP contribution in [0.3, 0.4) is 0 Å². The number of rotatable bonds is 1. The van der Waals surface area contributed by atoms with Crippen LogP contribution < -0.4 is 5.32 Å². The van der Waals surface area contributed by atoms with E-state index < -0.39 is 0 Å². The minimum absolute atomic E-state index is 0.161. The Hall–Kier alpha value is -1.71. The lowest BCUT2D eigenvalue weighted by Crippen LogP contribution is -2.48. The summed E-state index contributed by atoms with van der Waals surface area (Å²) in [6.07, 6.45) is 3.05. The lowest BCUT2D eigenvalue weighted by molar-refractivity contribution is 0.0709. The van der Waals surface area contributed by atoms with Gasteiger partial charge in [0.15, 0.2) is 0 Å². The average molecular weight is 274 g/mol. The van der Waals surface area contributed by atoms with E-state index in [1.54, 1.807) is 0 Å². The molecule has 0 saturated carbocycles. The van der Waals surface area contributed by atoms with Crippen molar-refractivity contribution in [3.05, 3.63) is 29.8 Å². The summed E-state index contributed by atoms with van der Waals surface area (Å²) >= 11 is 0. The number of anilines is 1. The normalized spacial score (nSPS) is 20.1. The number of likely N-dealkylation sites (tertiary alicyclic amines) is 1. The van der Waals surface area contributed by atoms with Crippen molar-refractivity contribution in [1.82, 2.24) is 4.90 Å². The Morgan fingerprint density at radius 1 is 1.35 bits per heavy atom. The average Bonchev–Trinajstić information content (AvgIpc) is 2.48. The number of fused-ring (bicyclic) bond motifs is 1. The summed E-state index contributed by atoms with van der Waals surface area (Å²) in [5.41, 5.74) is 2.98. The molecule has 20 heavy (non-hydrogen) atoms. The maximum Gasteiger partial charge on any atom is 0.409 e. The molecule has 1 aromatic rings. The van der Waals surface area contributed by atoms with E-state index in [0.717, 1.165) is 38.9 Å². The SMILES string of the molecule is CCOC(=O)N1CCC2(CC1)CNc1ccccc1C2. The molecule has 1 spiro atoms. The molecule has 0 atom stereocenters. The lowest BCUT2D eigenvalue weighted by Gasteiger charge is -2.44. The lowest BCUT2D eigenvalue weighted by atomic mass is 9.71. The Balaban J connectivity index is 1.65. The molecule has 1 aromatic carbocycles. The molecule has 1 saturated heterocycles. The third kappa shape index (κ3) is 2.47. The van der Waals surface area contributed by atoms with Crippen LogP contribution in [-0.4, -0.2) is 37.2 Å². The van der Waals surface area contributed by atoms with Gasteiger partial charge >= 0.3 is 6.09 Å². The summed E-state index contributed by atoms with van der Waals surface area (Å²) in [4.78, 5) is 13.6. The quantitative estimate of drug-likeness (QED) is 0.856. The van der Waals surface area contributed by atoms with Gasteiger partial charge < -0.3 is 15.0 Å². The van der Waals surface area contributed by atoms with Gasteiger partial charge in [0.2, 0.25) is 0 Å². The van der Waals surface area contributed by atoms with Gasteiger partial charge in [0.05, 0.1) is 6.61 Å². The van der Waals surface area contributed by atoms with Crippen molar-refractivity contribution in [1.29, 1.82) is 0 Å². The first kappa shape index (κ1) is 13.3. The van der Waals surface area contributed by atoms with Crippen molar-refractivity contribution < 1.29 is 9.53 Å². The highest BCUT2D eigenvalue weighted by Gasteiger charge is 2.38. The largest absolute Gasteiger partial charge is 0.450 e. The molecule has 1 amide bonds. The summed E-state index contributed by atoms with van der Waals surface area (Å²) in [7, 11) is 0. The van der Waals surface area contributed by atoms with Crippen LogP contribution in [0.1, 0.15) is 25.3 Å². The first-order chi connectivity index (χ1) is 9.72. The highest BCUT2D eigenvalue weighted by molar-refractivity contribution is 5.67. The Bertz CT molecular complexity index is 493. The van der Waals surface area contributed by atoms with Crippen LogP contribution in [0.25, 0.3) is 0 Å². The molecule has 0 radical (unpaired) electrons. The summed E-state index contributed by atoms with van der Waals surface area (Å²) < 4.78 is 5.08. The van der Waals surface area contributed by atoms with Crippen LogP contribution in [0.2, 0.25) is 0 Å². The maximum absolute atomic E-state index is 11.8. The number of piperidine rings is 1. The van der Waals surface area contributed by atoms with E-state index in [-0.39, 0.29) is 6.09 Å². The van der Waals surface area contributed by atoms with Crippen LogP contribution in [0.4, 0.5) is 10.5 Å². The smallest absolute Gasteiger partial charge is 0.409 e. The predicted molar refractivity (Wildman–Crippen MR) is 78.9 cm³/mol. The van der Waals surface area contributed by atoms with Gasteiger partial charge in [0.1, 0.15) is 0 Å². The first-order valence-corrected chi connectivity index (χ1v) is 7.46. The highest BCUT2D eigenvalue weighted by Crippen LogP contribution is 2.40. The topological polar surface area (TPSA) is 41.6 Å². The number of ether oxygens (including phenoxy) is 1. The number of hydrogen-bond acceptors (Lipinski definition) is 3. The zero-order valence-electron chi connectivity index (χ0n) is 12.0. The summed E-state index contributed by atoms with van der Waals surface area (Å²) in [5.74, 6) is 0. The molecule has 2 heterocycles. The van der Waals surface area contributed by atoms with E-state index in [0.29, 0.717) is 12.0 Å². The van der Waals surface area contributed by atoms with Gasteiger partial charge in [-0.15, -0.1) is 0 Å². The van der Waals surface area contributed by atoms with Crippen molar-refractivity contribution in [2.75, 3.05) is 31.6 Å². The highest BCUT2D eigenvalue weighted by atomic mass is 16.6. The number of amides is 1. The second-order valence-corrected chi connectivity index (χ2v) is 5.87.